The minimum absolute atomic E-state index is 0.160. The van der Waals surface area contributed by atoms with Crippen LogP contribution in [0.1, 0.15) is 20.9 Å². The number of benzene rings is 1. The third-order valence-electron chi connectivity index (χ3n) is 4.08. The number of anilines is 1. The van der Waals surface area contributed by atoms with Crippen LogP contribution in [0.15, 0.2) is 24.3 Å². The number of carbonyl (C=O) groups excluding carboxylic acids is 2. The number of nitrogens with zero attached hydrogens (tertiary/aromatic N) is 3. The zero-order valence-electron chi connectivity index (χ0n) is 16.3. The van der Waals surface area contributed by atoms with Crippen LogP contribution in [0.25, 0.3) is 0 Å². The minimum Gasteiger partial charge on any atom is -0.338 e. The summed E-state index contributed by atoms with van der Waals surface area (Å²) in [5.41, 5.74) is 0.861. The van der Waals surface area contributed by atoms with Gasteiger partial charge in [0.25, 0.3) is 11.6 Å². The summed E-state index contributed by atoms with van der Waals surface area (Å²) < 4.78 is 0. The Labute approximate surface area is 167 Å². The fourth-order valence-corrected chi connectivity index (χ4v) is 3.24. The minimum atomic E-state index is -0.551. The van der Waals surface area contributed by atoms with Gasteiger partial charge in [0.2, 0.25) is 5.91 Å². The molecule has 10 heteroatoms. The molecule has 0 aliphatic heterocycles. The van der Waals surface area contributed by atoms with Crippen LogP contribution in [0.2, 0.25) is 0 Å². The second-order valence-corrected chi connectivity index (χ2v) is 7.90. The molecular formula is C18H24N5O4S+. The molecule has 0 saturated carbocycles. The second kappa shape index (κ2) is 9.38. The number of hydrogen-bond donors (Lipinski definition) is 2. The lowest BCUT2D eigenvalue weighted by Crippen LogP contribution is -3.06. The summed E-state index contributed by atoms with van der Waals surface area (Å²) in [7, 11) is 3.88. The molecular weight excluding hydrogens is 382 g/mol. The van der Waals surface area contributed by atoms with Gasteiger partial charge in [-0.2, -0.15) is 0 Å². The van der Waals surface area contributed by atoms with E-state index in [0.29, 0.717) is 18.2 Å². The Morgan fingerprint density at radius 3 is 2.61 bits per heavy atom. The molecule has 2 amide bonds. The van der Waals surface area contributed by atoms with Crippen molar-refractivity contribution < 1.29 is 19.4 Å². The molecule has 0 aliphatic carbocycles. The lowest BCUT2D eigenvalue weighted by Gasteiger charge is -2.22. The van der Waals surface area contributed by atoms with E-state index in [0.717, 1.165) is 15.5 Å². The second-order valence-electron chi connectivity index (χ2n) is 6.70. The Bertz CT molecular complexity index is 861. The third-order valence-corrected chi connectivity index (χ3v) is 5.07. The fraction of sp³-hybridized carbons (Fsp3) is 0.389. The predicted molar refractivity (Wildman–Crippen MR) is 107 cm³/mol. The SMILES string of the molecule is Cc1nc(NC(=O)CN(CC[NH+](C)C)C(=O)c2cccc([N+](=O)[O-])c2)sc1C. The molecule has 0 unspecified atom stereocenters. The number of nitro groups is 1. The van der Waals surface area contributed by atoms with Crippen LogP contribution in [-0.4, -0.2) is 60.4 Å². The molecule has 1 heterocycles. The van der Waals surface area contributed by atoms with Crippen molar-refractivity contribution in [2.45, 2.75) is 13.8 Å². The van der Waals surface area contributed by atoms with E-state index in [1.165, 1.54) is 40.5 Å². The number of nitrogens with one attached hydrogen (secondary N) is 2. The summed E-state index contributed by atoms with van der Waals surface area (Å²) in [5.74, 6) is -0.784. The summed E-state index contributed by atoms with van der Waals surface area (Å²) in [6.45, 7) is 4.59. The number of carbonyl (C=O) groups is 2. The molecule has 1 aromatic heterocycles. The monoisotopic (exact) mass is 406 g/mol. The van der Waals surface area contributed by atoms with Gasteiger partial charge >= 0.3 is 0 Å². The van der Waals surface area contributed by atoms with Gasteiger partial charge in [-0.15, -0.1) is 11.3 Å². The van der Waals surface area contributed by atoms with Crippen LogP contribution < -0.4 is 10.2 Å². The van der Waals surface area contributed by atoms with E-state index in [-0.39, 0.29) is 23.7 Å². The molecule has 2 rings (SSSR count). The number of thiazole rings is 1. The largest absolute Gasteiger partial charge is 0.338 e. The number of quaternary nitrogens is 1. The number of aryl methyl sites for hydroxylation is 2. The van der Waals surface area contributed by atoms with Crippen molar-refractivity contribution in [2.24, 2.45) is 0 Å². The smallest absolute Gasteiger partial charge is 0.270 e. The highest BCUT2D eigenvalue weighted by molar-refractivity contribution is 7.15. The van der Waals surface area contributed by atoms with Crippen LogP contribution in [0.3, 0.4) is 0 Å². The van der Waals surface area contributed by atoms with Gasteiger partial charge in [-0.05, 0) is 19.9 Å². The van der Waals surface area contributed by atoms with E-state index >= 15 is 0 Å². The summed E-state index contributed by atoms with van der Waals surface area (Å²) in [4.78, 5) is 43.5. The zero-order valence-corrected chi connectivity index (χ0v) is 17.1. The van der Waals surface area contributed by atoms with Crippen molar-refractivity contribution in [2.75, 3.05) is 39.0 Å². The summed E-state index contributed by atoms with van der Waals surface area (Å²) >= 11 is 1.37. The van der Waals surface area contributed by atoms with Gasteiger partial charge in [-0.25, -0.2) is 4.98 Å². The number of likely N-dealkylation sites (N-methyl/N-ethyl adjacent to an activating group) is 1. The first kappa shape index (κ1) is 21.5. The van der Waals surface area contributed by atoms with E-state index in [1.54, 1.807) is 0 Å². The molecule has 28 heavy (non-hydrogen) atoms. The Hall–Kier alpha value is -2.85. The van der Waals surface area contributed by atoms with Crippen molar-refractivity contribution in [1.82, 2.24) is 9.88 Å². The van der Waals surface area contributed by atoms with Crippen molar-refractivity contribution in [3.8, 4) is 0 Å². The molecule has 0 radical (unpaired) electrons. The Morgan fingerprint density at radius 1 is 1.32 bits per heavy atom. The highest BCUT2D eigenvalue weighted by Gasteiger charge is 2.22. The average molecular weight is 406 g/mol. The Kier molecular flexibility index (Phi) is 7.18. The molecule has 0 fully saturated rings. The first-order valence-corrected chi connectivity index (χ1v) is 9.55. The zero-order chi connectivity index (χ0) is 20.8. The van der Waals surface area contributed by atoms with Crippen LogP contribution in [0, 0.1) is 24.0 Å². The molecule has 0 bridgehead atoms. The quantitative estimate of drug-likeness (QED) is 0.500. The fourth-order valence-electron chi connectivity index (χ4n) is 2.40. The van der Waals surface area contributed by atoms with Crippen LogP contribution in [0.4, 0.5) is 10.8 Å². The van der Waals surface area contributed by atoms with Crippen LogP contribution >= 0.6 is 11.3 Å². The normalized spacial score (nSPS) is 10.8. The molecule has 9 nitrogen and oxygen atoms in total. The molecule has 150 valence electrons. The summed E-state index contributed by atoms with van der Waals surface area (Å²) in [6.07, 6.45) is 0. The number of nitro benzene ring substituents is 1. The average Bonchev–Trinajstić information content (AvgIpc) is 2.95. The maximum Gasteiger partial charge on any atom is 0.270 e. The van der Waals surface area contributed by atoms with Crippen molar-refractivity contribution in [3.05, 3.63) is 50.5 Å². The van der Waals surface area contributed by atoms with Crippen LogP contribution in [-0.2, 0) is 4.79 Å². The van der Waals surface area contributed by atoms with E-state index in [9.17, 15) is 19.7 Å². The summed E-state index contributed by atoms with van der Waals surface area (Å²) in [5, 5.41) is 14.2. The van der Waals surface area contributed by atoms with Gasteiger partial charge in [0.15, 0.2) is 5.13 Å². The Morgan fingerprint density at radius 2 is 2.04 bits per heavy atom. The molecule has 2 N–H and O–H groups in total. The number of hydrogen-bond acceptors (Lipinski definition) is 6. The lowest BCUT2D eigenvalue weighted by atomic mass is 10.1. The van der Waals surface area contributed by atoms with E-state index < -0.39 is 10.8 Å². The lowest BCUT2D eigenvalue weighted by molar-refractivity contribution is -0.857. The molecule has 1 aromatic carbocycles. The van der Waals surface area contributed by atoms with E-state index in [1.807, 2.05) is 27.9 Å². The van der Waals surface area contributed by atoms with Gasteiger partial charge in [-0.1, -0.05) is 6.07 Å². The first-order valence-electron chi connectivity index (χ1n) is 8.74. The van der Waals surface area contributed by atoms with Gasteiger partial charge in [-0.3, -0.25) is 19.7 Å². The number of rotatable bonds is 8. The standard InChI is InChI=1S/C18H23N5O4S/c1-12-13(2)28-18(19-12)20-16(24)11-22(9-8-21(3)4)17(25)14-6-5-7-15(10-14)23(26)27/h5-7,10H,8-9,11H2,1-4H3,(H,19,20,24)/p+1. The molecule has 0 spiro atoms. The maximum absolute atomic E-state index is 12.9. The number of non-ortho nitro benzene ring substituents is 1. The van der Waals surface area contributed by atoms with Gasteiger partial charge < -0.3 is 15.1 Å². The highest BCUT2D eigenvalue weighted by Crippen LogP contribution is 2.21. The molecule has 0 saturated heterocycles. The number of aromatic nitrogens is 1. The van der Waals surface area contributed by atoms with Crippen molar-refractivity contribution in [3.63, 3.8) is 0 Å². The van der Waals surface area contributed by atoms with Gasteiger partial charge in [0, 0.05) is 22.6 Å². The summed E-state index contributed by atoms with van der Waals surface area (Å²) in [6, 6.07) is 5.52. The van der Waals surface area contributed by atoms with Crippen molar-refractivity contribution in [1.29, 1.82) is 0 Å². The highest BCUT2D eigenvalue weighted by atomic mass is 32.1. The van der Waals surface area contributed by atoms with E-state index in [2.05, 4.69) is 10.3 Å². The van der Waals surface area contributed by atoms with Gasteiger partial charge in [0.05, 0.1) is 37.8 Å². The number of amides is 2. The van der Waals surface area contributed by atoms with E-state index in [4.69, 9.17) is 0 Å². The van der Waals surface area contributed by atoms with Crippen molar-refractivity contribution >= 4 is 34.0 Å². The third kappa shape index (κ3) is 5.83. The Balaban J connectivity index is 2.16. The maximum atomic E-state index is 12.9. The van der Waals surface area contributed by atoms with Gasteiger partial charge in [0.1, 0.15) is 6.54 Å². The first-order chi connectivity index (χ1) is 13.2. The van der Waals surface area contributed by atoms with Crippen LogP contribution in [0.5, 0.6) is 0 Å². The topological polar surface area (TPSA) is 110 Å². The molecule has 0 atom stereocenters. The predicted octanol–water partition coefficient (Wildman–Crippen LogP) is 0.894. The molecule has 2 aromatic rings. The molecule has 0 aliphatic rings.